The molecule has 0 N–H and O–H groups in total. The third-order valence-corrected chi connectivity index (χ3v) is 2.96. The Hall–Kier alpha value is -1.57. The Balaban J connectivity index is 2.12. The van der Waals surface area contributed by atoms with E-state index in [1.54, 1.807) is 0 Å². The number of benzene rings is 1. The number of aryl methyl sites for hydroxylation is 1. The van der Waals surface area contributed by atoms with E-state index in [-0.39, 0.29) is 5.97 Å². The molecule has 2 nitrogen and oxygen atoms in total. The maximum Gasteiger partial charge on any atom is 0.307 e. The van der Waals surface area contributed by atoms with E-state index in [4.69, 9.17) is 4.74 Å². The summed E-state index contributed by atoms with van der Waals surface area (Å²) in [5, 5.41) is 0. The van der Waals surface area contributed by atoms with Crippen molar-refractivity contribution < 1.29 is 9.53 Å². The molecule has 2 rings (SSSR count). The van der Waals surface area contributed by atoms with Crippen molar-refractivity contribution in [1.82, 2.24) is 0 Å². The van der Waals surface area contributed by atoms with Gasteiger partial charge in [0.2, 0.25) is 0 Å². The highest BCUT2D eigenvalue weighted by atomic mass is 16.5. The van der Waals surface area contributed by atoms with E-state index in [0.29, 0.717) is 5.92 Å². The van der Waals surface area contributed by atoms with Crippen LogP contribution in [0.3, 0.4) is 0 Å². The Bertz CT molecular complexity index is 407. The number of ether oxygens (including phenoxy) is 1. The Labute approximate surface area is 95.9 Å². The van der Waals surface area contributed by atoms with E-state index in [2.05, 4.69) is 24.3 Å². The molecular weight excluding hydrogens is 200 g/mol. The smallest absolute Gasteiger partial charge is 0.307 e. The fourth-order valence-corrected chi connectivity index (χ4v) is 2.22. The number of carbonyl (C=O) groups is 1. The van der Waals surface area contributed by atoms with Crippen LogP contribution in [0.15, 0.2) is 36.6 Å². The molecule has 0 aromatic heterocycles. The molecule has 1 atom stereocenters. The topological polar surface area (TPSA) is 26.3 Å². The molecule has 2 heteroatoms. The molecule has 1 aliphatic rings. The van der Waals surface area contributed by atoms with Gasteiger partial charge in [-0.2, -0.15) is 0 Å². The van der Waals surface area contributed by atoms with E-state index < -0.39 is 0 Å². The molecule has 0 fully saturated rings. The van der Waals surface area contributed by atoms with Gasteiger partial charge in [-0.25, -0.2) is 0 Å². The van der Waals surface area contributed by atoms with Crippen LogP contribution in [0.2, 0.25) is 0 Å². The lowest BCUT2D eigenvalue weighted by atomic mass is 9.83. The third-order valence-electron chi connectivity index (χ3n) is 2.96. The first kappa shape index (κ1) is 10.9. The molecule has 1 aromatic carbocycles. The van der Waals surface area contributed by atoms with Crippen LogP contribution in [0, 0.1) is 0 Å². The molecule has 0 heterocycles. The SMILES string of the molecule is CC(=O)OC=CC1CCCc2ccccc21. The van der Waals surface area contributed by atoms with E-state index in [1.807, 2.05) is 6.08 Å². The van der Waals surface area contributed by atoms with Crippen molar-refractivity contribution in [2.24, 2.45) is 0 Å². The van der Waals surface area contributed by atoms with Crippen LogP contribution < -0.4 is 0 Å². The van der Waals surface area contributed by atoms with Gasteiger partial charge in [-0.15, -0.1) is 0 Å². The van der Waals surface area contributed by atoms with Crippen LogP contribution in [0.5, 0.6) is 0 Å². The van der Waals surface area contributed by atoms with Crippen LogP contribution in [-0.4, -0.2) is 5.97 Å². The molecule has 16 heavy (non-hydrogen) atoms. The Morgan fingerprint density at radius 3 is 3.06 bits per heavy atom. The van der Waals surface area contributed by atoms with E-state index >= 15 is 0 Å². The van der Waals surface area contributed by atoms with Gasteiger partial charge in [-0.05, 0) is 36.5 Å². The first-order valence-corrected chi connectivity index (χ1v) is 5.69. The number of fused-ring (bicyclic) bond motifs is 1. The van der Waals surface area contributed by atoms with Crippen molar-refractivity contribution in [1.29, 1.82) is 0 Å². The lowest BCUT2D eigenvalue weighted by Gasteiger charge is -2.22. The third kappa shape index (κ3) is 2.51. The molecule has 0 spiro atoms. The van der Waals surface area contributed by atoms with E-state index in [1.165, 1.54) is 30.7 Å². The summed E-state index contributed by atoms with van der Waals surface area (Å²) in [4.78, 5) is 10.7. The summed E-state index contributed by atoms with van der Waals surface area (Å²) in [6.45, 7) is 1.42. The van der Waals surface area contributed by atoms with Crippen LogP contribution in [-0.2, 0) is 16.0 Å². The van der Waals surface area contributed by atoms with E-state index in [9.17, 15) is 4.79 Å². The van der Waals surface area contributed by atoms with Crippen molar-refractivity contribution in [3.05, 3.63) is 47.7 Å². The minimum absolute atomic E-state index is 0.264. The minimum atomic E-state index is -0.264. The number of esters is 1. The largest absolute Gasteiger partial charge is 0.435 e. The molecule has 1 unspecified atom stereocenters. The van der Waals surface area contributed by atoms with Crippen molar-refractivity contribution in [2.45, 2.75) is 32.1 Å². The van der Waals surface area contributed by atoms with Gasteiger partial charge in [-0.3, -0.25) is 4.79 Å². The van der Waals surface area contributed by atoms with Gasteiger partial charge in [0, 0.05) is 12.8 Å². The van der Waals surface area contributed by atoms with Crippen LogP contribution >= 0.6 is 0 Å². The summed E-state index contributed by atoms with van der Waals surface area (Å²) in [6, 6.07) is 8.49. The summed E-state index contributed by atoms with van der Waals surface area (Å²) in [7, 11) is 0. The maximum absolute atomic E-state index is 10.7. The summed E-state index contributed by atoms with van der Waals surface area (Å²) >= 11 is 0. The standard InChI is InChI=1S/C14H16O2/c1-11(15)16-10-9-13-7-4-6-12-5-2-3-8-14(12)13/h2-3,5,8-10,13H,4,6-7H2,1H3. The van der Waals surface area contributed by atoms with Crippen molar-refractivity contribution in [2.75, 3.05) is 0 Å². The fourth-order valence-electron chi connectivity index (χ4n) is 2.22. The van der Waals surface area contributed by atoms with Crippen molar-refractivity contribution >= 4 is 5.97 Å². The normalized spacial score (nSPS) is 19.4. The first-order valence-electron chi connectivity index (χ1n) is 5.69. The maximum atomic E-state index is 10.7. The highest BCUT2D eigenvalue weighted by Gasteiger charge is 2.17. The zero-order chi connectivity index (χ0) is 11.4. The van der Waals surface area contributed by atoms with Crippen LogP contribution in [0.25, 0.3) is 0 Å². The highest BCUT2D eigenvalue weighted by Crippen LogP contribution is 2.32. The molecule has 0 saturated heterocycles. The summed E-state index contributed by atoms with van der Waals surface area (Å²) in [5.74, 6) is 0.129. The number of carbonyl (C=O) groups excluding carboxylic acids is 1. The van der Waals surface area contributed by atoms with Gasteiger partial charge in [0.05, 0.1) is 6.26 Å². The van der Waals surface area contributed by atoms with Gasteiger partial charge < -0.3 is 4.74 Å². The number of hydrogen-bond donors (Lipinski definition) is 0. The Morgan fingerprint density at radius 1 is 1.44 bits per heavy atom. The Kier molecular flexibility index (Phi) is 3.40. The predicted octanol–water partition coefficient (Wildman–Crippen LogP) is 3.18. The van der Waals surface area contributed by atoms with Gasteiger partial charge in [0.15, 0.2) is 0 Å². The molecule has 1 aromatic rings. The lowest BCUT2D eigenvalue weighted by Crippen LogP contribution is -2.07. The zero-order valence-electron chi connectivity index (χ0n) is 9.48. The summed E-state index contributed by atoms with van der Waals surface area (Å²) in [5.41, 5.74) is 2.79. The van der Waals surface area contributed by atoms with Crippen molar-refractivity contribution in [3.8, 4) is 0 Å². The lowest BCUT2D eigenvalue weighted by molar-refractivity contribution is -0.135. The molecule has 0 amide bonds. The number of rotatable bonds is 2. The van der Waals surface area contributed by atoms with Gasteiger partial charge >= 0.3 is 5.97 Å². The minimum Gasteiger partial charge on any atom is -0.435 e. The zero-order valence-corrected chi connectivity index (χ0v) is 9.48. The first-order chi connectivity index (χ1) is 7.77. The molecule has 1 aliphatic carbocycles. The van der Waals surface area contributed by atoms with E-state index in [0.717, 1.165) is 12.8 Å². The van der Waals surface area contributed by atoms with Gasteiger partial charge in [0.1, 0.15) is 0 Å². The van der Waals surface area contributed by atoms with Gasteiger partial charge in [0.25, 0.3) is 0 Å². The highest BCUT2D eigenvalue weighted by molar-refractivity contribution is 5.66. The fraction of sp³-hybridized carbons (Fsp3) is 0.357. The van der Waals surface area contributed by atoms with Crippen LogP contribution in [0.4, 0.5) is 0 Å². The average molecular weight is 216 g/mol. The molecule has 0 aliphatic heterocycles. The number of allylic oxidation sites excluding steroid dienone is 1. The molecule has 0 radical (unpaired) electrons. The Morgan fingerprint density at radius 2 is 2.25 bits per heavy atom. The molecular formula is C14H16O2. The predicted molar refractivity (Wildman–Crippen MR) is 63.0 cm³/mol. The monoisotopic (exact) mass is 216 g/mol. The van der Waals surface area contributed by atoms with Crippen LogP contribution in [0.1, 0.15) is 36.8 Å². The van der Waals surface area contributed by atoms with Gasteiger partial charge in [-0.1, -0.05) is 24.3 Å². The molecule has 0 saturated carbocycles. The second-order valence-electron chi connectivity index (χ2n) is 4.14. The average Bonchev–Trinajstić information content (AvgIpc) is 2.29. The second-order valence-corrected chi connectivity index (χ2v) is 4.14. The number of hydrogen-bond acceptors (Lipinski definition) is 2. The van der Waals surface area contributed by atoms with Crippen molar-refractivity contribution in [3.63, 3.8) is 0 Å². The molecule has 0 bridgehead atoms. The second kappa shape index (κ2) is 4.97. The summed E-state index contributed by atoms with van der Waals surface area (Å²) in [6.07, 6.45) is 7.00. The quantitative estimate of drug-likeness (QED) is 0.560. The molecule has 84 valence electrons. The summed E-state index contributed by atoms with van der Waals surface area (Å²) < 4.78 is 4.84.